The van der Waals surface area contributed by atoms with E-state index in [0.29, 0.717) is 6.54 Å². The molecule has 1 aliphatic heterocycles. The van der Waals surface area contributed by atoms with Gasteiger partial charge in [0.2, 0.25) is 0 Å². The zero-order valence-electron chi connectivity index (χ0n) is 6.48. The smallest absolute Gasteiger partial charge is 0.0795 e. The highest BCUT2D eigenvalue weighted by Gasteiger charge is 2.27. The molecule has 0 aliphatic carbocycles. The molecule has 0 unspecified atom stereocenters. The lowest BCUT2D eigenvalue weighted by atomic mass is 9.93. The Morgan fingerprint density at radius 1 is 1.50 bits per heavy atom. The Morgan fingerprint density at radius 2 is 2.10 bits per heavy atom. The minimum Gasteiger partial charge on any atom is -0.388 e. The van der Waals surface area contributed by atoms with Gasteiger partial charge in [0.25, 0.3) is 0 Å². The third-order valence-corrected chi connectivity index (χ3v) is 2.04. The molecule has 0 aromatic rings. The van der Waals surface area contributed by atoms with Crippen LogP contribution in [0.2, 0.25) is 0 Å². The Bertz CT molecular complexity index is 94.3. The highest BCUT2D eigenvalue weighted by molar-refractivity contribution is 4.85. The predicted octanol–water partition coefficient (Wildman–Crippen LogP) is -0.680. The molecule has 3 heteroatoms. The van der Waals surface area contributed by atoms with Crippen molar-refractivity contribution in [1.29, 1.82) is 0 Å². The van der Waals surface area contributed by atoms with Crippen molar-refractivity contribution in [2.24, 2.45) is 0 Å². The predicted molar refractivity (Wildman–Crippen MR) is 41.0 cm³/mol. The number of rotatable bonds is 2. The molecule has 1 rings (SSSR count). The van der Waals surface area contributed by atoms with Crippen molar-refractivity contribution in [2.45, 2.75) is 18.4 Å². The SMILES string of the molecule is CNCC1(O)CCNCC1. The van der Waals surface area contributed by atoms with E-state index in [4.69, 9.17) is 0 Å². The lowest BCUT2D eigenvalue weighted by Gasteiger charge is -2.32. The number of hydrogen-bond acceptors (Lipinski definition) is 3. The van der Waals surface area contributed by atoms with E-state index < -0.39 is 5.60 Å². The van der Waals surface area contributed by atoms with Crippen LogP contribution in [-0.2, 0) is 0 Å². The first-order valence-corrected chi connectivity index (χ1v) is 3.84. The summed E-state index contributed by atoms with van der Waals surface area (Å²) in [5, 5.41) is 16.0. The molecule has 0 bridgehead atoms. The summed E-state index contributed by atoms with van der Waals surface area (Å²) in [5.41, 5.74) is -0.444. The molecule has 0 amide bonds. The van der Waals surface area contributed by atoms with Gasteiger partial charge in [-0.2, -0.15) is 0 Å². The molecule has 1 aliphatic rings. The van der Waals surface area contributed by atoms with Crippen molar-refractivity contribution in [3.63, 3.8) is 0 Å². The van der Waals surface area contributed by atoms with Crippen LogP contribution in [0.25, 0.3) is 0 Å². The molecule has 3 N–H and O–H groups in total. The van der Waals surface area contributed by atoms with Crippen LogP contribution < -0.4 is 10.6 Å². The third-order valence-electron chi connectivity index (χ3n) is 2.04. The van der Waals surface area contributed by atoms with Gasteiger partial charge in [-0.25, -0.2) is 0 Å². The quantitative estimate of drug-likeness (QED) is 0.481. The minimum absolute atomic E-state index is 0.444. The highest BCUT2D eigenvalue weighted by Crippen LogP contribution is 2.15. The Balaban J connectivity index is 2.32. The first-order chi connectivity index (χ1) is 4.77. The van der Waals surface area contributed by atoms with Gasteiger partial charge >= 0.3 is 0 Å². The van der Waals surface area contributed by atoms with Crippen LogP contribution in [0.15, 0.2) is 0 Å². The summed E-state index contributed by atoms with van der Waals surface area (Å²) in [6.07, 6.45) is 1.74. The molecular formula is C7H16N2O. The van der Waals surface area contributed by atoms with Crippen molar-refractivity contribution in [2.75, 3.05) is 26.7 Å². The van der Waals surface area contributed by atoms with Crippen molar-refractivity contribution in [3.8, 4) is 0 Å². The number of aliphatic hydroxyl groups is 1. The number of nitrogens with one attached hydrogen (secondary N) is 2. The fourth-order valence-electron chi connectivity index (χ4n) is 1.40. The van der Waals surface area contributed by atoms with E-state index in [2.05, 4.69) is 10.6 Å². The number of hydrogen-bond donors (Lipinski definition) is 3. The second kappa shape index (κ2) is 3.32. The molecule has 60 valence electrons. The van der Waals surface area contributed by atoms with Crippen molar-refractivity contribution < 1.29 is 5.11 Å². The van der Waals surface area contributed by atoms with E-state index in [0.717, 1.165) is 25.9 Å². The van der Waals surface area contributed by atoms with Crippen LogP contribution in [0, 0.1) is 0 Å². The van der Waals surface area contributed by atoms with E-state index in [1.165, 1.54) is 0 Å². The number of likely N-dealkylation sites (N-methyl/N-ethyl adjacent to an activating group) is 1. The Morgan fingerprint density at radius 3 is 2.60 bits per heavy atom. The zero-order valence-corrected chi connectivity index (χ0v) is 6.48. The summed E-state index contributed by atoms with van der Waals surface area (Å²) in [7, 11) is 1.88. The van der Waals surface area contributed by atoms with E-state index in [9.17, 15) is 5.11 Å². The normalized spacial score (nSPS) is 24.6. The summed E-state index contributed by atoms with van der Waals surface area (Å²) in [4.78, 5) is 0. The molecule has 0 atom stereocenters. The average molecular weight is 144 g/mol. The van der Waals surface area contributed by atoms with Gasteiger partial charge in [-0.3, -0.25) is 0 Å². The lowest BCUT2D eigenvalue weighted by Crippen LogP contribution is -2.47. The fraction of sp³-hybridized carbons (Fsp3) is 1.00. The van der Waals surface area contributed by atoms with Gasteiger partial charge in [0.05, 0.1) is 5.60 Å². The summed E-state index contributed by atoms with van der Waals surface area (Å²) in [6.45, 7) is 2.60. The van der Waals surface area contributed by atoms with Gasteiger partial charge in [0.1, 0.15) is 0 Å². The van der Waals surface area contributed by atoms with Crippen LogP contribution in [0.4, 0.5) is 0 Å². The molecule has 0 radical (unpaired) electrons. The Kier molecular flexibility index (Phi) is 2.65. The molecule has 3 nitrogen and oxygen atoms in total. The molecule has 0 aromatic carbocycles. The van der Waals surface area contributed by atoms with Crippen molar-refractivity contribution in [1.82, 2.24) is 10.6 Å². The van der Waals surface area contributed by atoms with E-state index >= 15 is 0 Å². The van der Waals surface area contributed by atoms with Gasteiger partial charge in [0.15, 0.2) is 0 Å². The van der Waals surface area contributed by atoms with Crippen LogP contribution in [-0.4, -0.2) is 37.4 Å². The van der Waals surface area contributed by atoms with Crippen molar-refractivity contribution in [3.05, 3.63) is 0 Å². The third kappa shape index (κ3) is 1.94. The molecule has 1 saturated heterocycles. The maximum atomic E-state index is 9.77. The molecule has 10 heavy (non-hydrogen) atoms. The van der Waals surface area contributed by atoms with E-state index in [-0.39, 0.29) is 0 Å². The first-order valence-electron chi connectivity index (χ1n) is 3.84. The Labute approximate surface area is 61.8 Å². The molecule has 0 aromatic heterocycles. The lowest BCUT2D eigenvalue weighted by molar-refractivity contribution is 0.0129. The molecule has 1 heterocycles. The van der Waals surface area contributed by atoms with Gasteiger partial charge in [-0.1, -0.05) is 0 Å². The van der Waals surface area contributed by atoms with Crippen LogP contribution in [0.5, 0.6) is 0 Å². The van der Waals surface area contributed by atoms with E-state index in [1.807, 2.05) is 7.05 Å². The summed E-state index contributed by atoms with van der Waals surface area (Å²) in [6, 6.07) is 0. The Hall–Kier alpha value is -0.120. The zero-order chi connectivity index (χ0) is 7.45. The maximum absolute atomic E-state index is 9.77. The largest absolute Gasteiger partial charge is 0.388 e. The first kappa shape index (κ1) is 7.98. The van der Waals surface area contributed by atoms with E-state index in [1.54, 1.807) is 0 Å². The van der Waals surface area contributed by atoms with Crippen LogP contribution >= 0.6 is 0 Å². The second-order valence-electron chi connectivity index (χ2n) is 3.00. The monoisotopic (exact) mass is 144 g/mol. The minimum atomic E-state index is -0.444. The highest BCUT2D eigenvalue weighted by atomic mass is 16.3. The fourth-order valence-corrected chi connectivity index (χ4v) is 1.40. The topological polar surface area (TPSA) is 44.3 Å². The van der Waals surface area contributed by atoms with Crippen LogP contribution in [0.1, 0.15) is 12.8 Å². The molecule has 0 saturated carbocycles. The second-order valence-corrected chi connectivity index (χ2v) is 3.00. The molecular weight excluding hydrogens is 128 g/mol. The standard InChI is InChI=1S/C7H16N2O/c1-8-6-7(10)2-4-9-5-3-7/h8-10H,2-6H2,1H3. The van der Waals surface area contributed by atoms with Crippen LogP contribution in [0.3, 0.4) is 0 Å². The summed E-state index contributed by atoms with van der Waals surface area (Å²) >= 11 is 0. The summed E-state index contributed by atoms with van der Waals surface area (Å²) < 4.78 is 0. The van der Waals surface area contributed by atoms with Gasteiger partial charge in [-0.15, -0.1) is 0 Å². The number of piperidine rings is 1. The van der Waals surface area contributed by atoms with Gasteiger partial charge < -0.3 is 15.7 Å². The van der Waals surface area contributed by atoms with Gasteiger partial charge in [-0.05, 0) is 33.0 Å². The average Bonchev–Trinajstić information content (AvgIpc) is 1.89. The molecule has 1 fully saturated rings. The summed E-state index contributed by atoms with van der Waals surface area (Å²) in [5.74, 6) is 0. The van der Waals surface area contributed by atoms with Crippen molar-refractivity contribution >= 4 is 0 Å². The van der Waals surface area contributed by atoms with Gasteiger partial charge in [0, 0.05) is 6.54 Å². The molecule has 0 spiro atoms. The maximum Gasteiger partial charge on any atom is 0.0795 e.